The third-order valence-corrected chi connectivity index (χ3v) is 4.31. The predicted octanol–water partition coefficient (Wildman–Crippen LogP) is 4.29. The Bertz CT molecular complexity index is 337. The monoisotopic (exact) mass is 269 g/mol. The maximum atomic E-state index is 6.20. The van der Waals surface area contributed by atoms with E-state index in [4.69, 9.17) is 10.5 Å². The minimum Gasteiger partial charge on any atom is -0.371 e. The molecule has 0 radical (unpaired) electrons. The fourth-order valence-corrected chi connectivity index (χ4v) is 3.08. The lowest BCUT2D eigenvalue weighted by Gasteiger charge is -2.24. The molecule has 3 heteroatoms. The van der Waals surface area contributed by atoms with Crippen molar-refractivity contribution < 1.29 is 4.74 Å². The molecule has 1 aromatic heterocycles. The van der Waals surface area contributed by atoms with Crippen molar-refractivity contribution in [2.45, 2.75) is 59.1 Å². The summed E-state index contributed by atoms with van der Waals surface area (Å²) in [6, 6.07) is 4.40. The van der Waals surface area contributed by atoms with Crippen LogP contribution < -0.4 is 5.73 Å². The van der Waals surface area contributed by atoms with Crippen LogP contribution in [0.1, 0.15) is 55.9 Å². The van der Waals surface area contributed by atoms with E-state index >= 15 is 0 Å². The van der Waals surface area contributed by atoms with Crippen LogP contribution >= 0.6 is 11.3 Å². The van der Waals surface area contributed by atoms with E-state index < -0.39 is 0 Å². The minimum absolute atomic E-state index is 0.0630. The van der Waals surface area contributed by atoms with E-state index in [2.05, 4.69) is 39.8 Å². The standard InChI is InChI=1S/C15H27NOS/c1-5-7-11(3)10-17-15(13(16)6-2)14-9-8-12(4)18-14/h8-9,11,13,15H,5-7,10,16H2,1-4H3. The zero-order chi connectivity index (χ0) is 13.5. The molecule has 0 bridgehead atoms. The summed E-state index contributed by atoms with van der Waals surface area (Å²) in [4.78, 5) is 2.59. The first-order chi connectivity index (χ1) is 8.58. The van der Waals surface area contributed by atoms with Crippen molar-refractivity contribution in [3.8, 4) is 0 Å². The van der Waals surface area contributed by atoms with Crippen molar-refractivity contribution in [3.63, 3.8) is 0 Å². The molecule has 0 saturated carbocycles. The molecule has 18 heavy (non-hydrogen) atoms. The lowest BCUT2D eigenvalue weighted by Crippen LogP contribution is -2.30. The molecule has 1 rings (SSSR count). The number of hydrogen-bond acceptors (Lipinski definition) is 3. The van der Waals surface area contributed by atoms with Crippen molar-refractivity contribution in [1.82, 2.24) is 0 Å². The Balaban J connectivity index is 2.62. The average molecular weight is 269 g/mol. The summed E-state index contributed by atoms with van der Waals surface area (Å²) in [6.45, 7) is 9.52. The largest absolute Gasteiger partial charge is 0.371 e. The Morgan fingerprint density at radius 3 is 2.56 bits per heavy atom. The first-order valence-electron chi connectivity index (χ1n) is 7.01. The van der Waals surface area contributed by atoms with Gasteiger partial charge >= 0.3 is 0 Å². The summed E-state index contributed by atoms with van der Waals surface area (Å²) in [6.07, 6.45) is 3.45. The van der Waals surface area contributed by atoms with Gasteiger partial charge in [0.05, 0.1) is 6.61 Å². The minimum atomic E-state index is 0.0630. The van der Waals surface area contributed by atoms with Crippen LogP contribution in [0.15, 0.2) is 12.1 Å². The average Bonchev–Trinajstić information content (AvgIpc) is 2.76. The third-order valence-electron chi connectivity index (χ3n) is 3.24. The van der Waals surface area contributed by atoms with Crippen LogP contribution in [0.5, 0.6) is 0 Å². The molecule has 0 spiro atoms. The van der Waals surface area contributed by atoms with Gasteiger partial charge < -0.3 is 10.5 Å². The quantitative estimate of drug-likeness (QED) is 0.764. The van der Waals surface area contributed by atoms with E-state index in [9.17, 15) is 0 Å². The smallest absolute Gasteiger partial charge is 0.107 e. The van der Waals surface area contributed by atoms with Crippen molar-refractivity contribution >= 4 is 11.3 Å². The molecule has 0 amide bonds. The normalized spacial score (nSPS) is 16.5. The van der Waals surface area contributed by atoms with E-state index in [1.54, 1.807) is 11.3 Å². The molecule has 2 nitrogen and oxygen atoms in total. The summed E-state index contributed by atoms with van der Waals surface area (Å²) in [5, 5.41) is 0. The van der Waals surface area contributed by atoms with Crippen molar-refractivity contribution in [2.24, 2.45) is 11.7 Å². The number of aryl methyl sites for hydroxylation is 1. The highest BCUT2D eigenvalue weighted by molar-refractivity contribution is 7.12. The van der Waals surface area contributed by atoms with E-state index in [0.717, 1.165) is 13.0 Å². The van der Waals surface area contributed by atoms with Gasteiger partial charge in [-0.05, 0) is 37.8 Å². The van der Waals surface area contributed by atoms with Gasteiger partial charge in [-0.15, -0.1) is 11.3 Å². The van der Waals surface area contributed by atoms with E-state index in [0.29, 0.717) is 5.92 Å². The number of nitrogens with two attached hydrogens (primary N) is 1. The van der Waals surface area contributed by atoms with Gasteiger partial charge in [0, 0.05) is 15.8 Å². The molecule has 0 saturated heterocycles. The molecule has 3 atom stereocenters. The molecule has 0 aromatic carbocycles. The van der Waals surface area contributed by atoms with Gasteiger partial charge in [-0.25, -0.2) is 0 Å². The van der Waals surface area contributed by atoms with Crippen molar-refractivity contribution in [2.75, 3.05) is 6.61 Å². The first kappa shape index (κ1) is 15.7. The maximum absolute atomic E-state index is 6.20. The van der Waals surface area contributed by atoms with E-state index in [1.165, 1.54) is 22.6 Å². The molecule has 2 N–H and O–H groups in total. The van der Waals surface area contributed by atoms with Crippen molar-refractivity contribution in [3.05, 3.63) is 21.9 Å². The van der Waals surface area contributed by atoms with Gasteiger partial charge in [0.1, 0.15) is 6.10 Å². The number of ether oxygens (including phenoxy) is 1. The summed E-state index contributed by atoms with van der Waals surface area (Å²) in [7, 11) is 0. The Morgan fingerprint density at radius 1 is 1.33 bits per heavy atom. The molecule has 0 aliphatic carbocycles. The molecule has 1 aromatic rings. The highest BCUT2D eigenvalue weighted by atomic mass is 32.1. The van der Waals surface area contributed by atoms with Gasteiger partial charge in [-0.2, -0.15) is 0 Å². The molecule has 0 aliphatic heterocycles. The van der Waals surface area contributed by atoms with Crippen molar-refractivity contribution in [1.29, 1.82) is 0 Å². The molecule has 0 fully saturated rings. The van der Waals surface area contributed by atoms with Crippen LogP contribution in [0.2, 0.25) is 0 Å². The van der Waals surface area contributed by atoms with E-state index in [-0.39, 0.29) is 12.1 Å². The van der Waals surface area contributed by atoms with Crippen LogP contribution in [0.25, 0.3) is 0 Å². The second-order valence-corrected chi connectivity index (χ2v) is 6.49. The molecular weight excluding hydrogens is 242 g/mol. The Morgan fingerprint density at radius 2 is 2.06 bits per heavy atom. The molecule has 1 heterocycles. The van der Waals surface area contributed by atoms with Gasteiger partial charge in [0.25, 0.3) is 0 Å². The first-order valence-corrected chi connectivity index (χ1v) is 7.83. The Kier molecular flexibility index (Phi) is 6.90. The van der Waals surface area contributed by atoms with Gasteiger partial charge in [-0.3, -0.25) is 0 Å². The highest BCUT2D eigenvalue weighted by Gasteiger charge is 2.21. The van der Waals surface area contributed by atoms with E-state index in [1.807, 2.05) is 0 Å². The number of hydrogen-bond donors (Lipinski definition) is 1. The topological polar surface area (TPSA) is 35.2 Å². The van der Waals surface area contributed by atoms with Gasteiger partial charge in [0.15, 0.2) is 0 Å². The SMILES string of the molecule is CCCC(C)COC(c1ccc(C)s1)C(N)CC. The summed E-state index contributed by atoms with van der Waals surface area (Å²) in [5.74, 6) is 0.614. The third kappa shape index (κ3) is 4.71. The van der Waals surface area contributed by atoms with Crippen LogP contribution in [0, 0.1) is 12.8 Å². The second-order valence-electron chi connectivity index (χ2n) is 5.17. The molecule has 0 aliphatic rings. The predicted molar refractivity (Wildman–Crippen MR) is 80.1 cm³/mol. The summed E-state index contributed by atoms with van der Waals surface area (Å²) in [5.41, 5.74) is 6.20. The number of thiophene rings is 1. The second kappa shape index (κ2) is 7.93. The maximum Gasteiger partial charge on any atom is 0.107 e. The van der Waals surface area contributed by atoms with Crippen LogP contribution in [0.3, 0.4) is 0 Å². The lowest BCUT2D eigenvalue weighted by molar-refractivity contribution is 0.0153. The van der Waals surface area contributed by atoms with Gasteiger partial charge in [0.2, 0.25) is 0 Å². The van der Waals surface area contributed by atoms with Crippen LogP contribution in [0.4, 0.5) is 0 Å². The Labute approximate surface area is 116 Å². The van der Waals surface area contributed by atoms with Gasteiger partial charge in [-0.1, -0.05) is 27.2 Å². The summed E-state index contributed by atoms with van der Waals surface area (Å²) >= 11 is 1.80. The van der Waals surface area contributed by atoms with Crippen LogP contribution in [-0.2, 0) is 4.74 Å². The summed E-state index contributed by atoms with van der Waals surface area (Å²) < 4.78 is 6.09. The lowest BCUT2D eigenvalue weighted by atomic mass is 10.1. The molecule has 104 valence electrons. The highest BCUT2D eigenvalue weighted by Crippen LogP contribution is 2.29. The van der Waals surface area contributed by atoms with Crippen LogP contribution in [-0.4, -0.2) is 12.6 Å². The molecular formula is C15H27NOS. The Hall–Kier alpha value is -0.380. The zero-order valence-electron chi connectivity index (χ0n) is 12.1. The fraction of sp³-hybridized carbons (Fsp3) is 0.733. The zero-order valence-corrected chi connectivity index (χ0v) is 12.9. The number of rotatable bonds is 8. The fourth-order valence-electron chi connectivity index (χ4n) is 2.08. The molecule has 3 unspecified atom stereocenters.